The molecule has 104 valence electrons. The van der Waals surface area contributed by atoms with Crippen LogP contribution >= 0.6 is 7.14 Å². The fraction of sp³-hybridized carbons (Fsp3) is 0.571. The molecule has 0 atom stereocenters. The highest BCUT2D eigenvalue weighted by Gasteiger charge is 2.51. The van der Waals surface area contributed by atoms with Crippen molar-refractivity contribution in [3.63, 3.8) is 0 Å². The second kappa shape index (κ2) is 4.48. The van der Waals surface area contributed by atoms with Crippen molar-refractivity contribution in [3.8, 4) is 0 Å². The summed E-state index contributed by atoms with van der Waals surface area (Å²) in [5.41, 5.74) is 0.304. The van der Waals surface area contributed by atoms with Gasteiger partial charge in [-0.25, -0.2) is 0 Å². The molecule has 0 unspecified atom stereocenters. The van der Waals surface area contributed by atoms with E-state index >= 15 is 0 Å². The SMILES string of the molecule is CC1(C)OB(c2ccc(P(C)(C)=O)cc2)OC1(C)C. The van der Waals surface area contributed by atoms with Gasteiger partial charge in [0, 0.05) is 5.30 Å². The van der Waals surface area contributed by atoms with E-state index in [1.807, 2.05) is 52.0 Å². The highest BCUT2D eigenvalue weighted by Crippen LogP contribution is 2.37. The van der Waals surface area contributed by atoms with Crippen LogP contribution in [-0.4, -0.2) is 31.7 Å². The average molecular weight is 280 g/mol. The first-order valence-electron chi connectivity index (χ1n) is 6.54. The molecule has 1 aromatic carbocycles. The standard InChI is InChI=1S/C14H22BO3P/c1-13(2)14(3,4)18-15(17-13)11-7-9-12(10-8-11)19(5,6)16/h7-10H,1-6H3. The minimum atomic E-state index is -2.20. The van der Waals surface area contributed by atoms with Gasteiger partial charge >= 0.3 is 7.12 Å². The van der Waals surface area contributed by atoms with Gasteiger partial charge in [-0.3, -0.25) is 0 Å². The number of hydrogen-bond donors (Lipinski definition) is 0. The number of hydrogen-bond acceptors (Lipinski definition) is 3. The lowest BCUT2D eigenvalue weighted by Crippen LogP contribution is -2.41. The Morgan fingerprint density at radius 1 is 0.947 bits per heavy atom. The normalized spacial score (nSPS) is 21.7. The Morgan fingerprint density at radius 3 is 1.74 bits per heavy atom. The van der Waals surface area contributed by atoms with Crippen LogP contribution in [0.4, 0.5) is 0 Å². The molecule has 0 saturated carbocycles. The summed E-state index contributed by atoms with van der Waals surface area (Å²) < 4.78 is 24.0. The van der Waals surface area contributed by atoms with Crippen LogP contribution in [0, 0.1) is 0 Å². The maximum atomic E-state index is 12.0. The molecule has 1 heterocycles. The molecule has 2 rings (SSSR count). The molecule has 1 aliphatic rings. The van der Waals surface area contributed by atoms with Crippen LogP contribution in [0.25, 0.3) is 0 Å². The lowest BCUT2D eigenvalue weighted by Gasteiger charge is -2.32. The zero-order valence-corrected chi connectivity index (χ0v) is 13.5. The van der Waals surface area contributed by atoms with Gasteiger partial charge in [-0.15, -0.1) is 0 Å². The predicted molar refractivity (Wildman–Crippen MR) is 81.2 cm³/mol. The van der Waals surface area contributed by atoms with E-state index in [-0.39, 0.29) is 18.3 Å². The van der Waals surface area contributed by atoms with Gasteiger partial charge in [0.25, 0.3) is 0 Å². The summed E-state index contributed by atoms with van der Waals surface area (Å²) >= 11 is 0. The molecule has 0 radical (unpaired) electrons. The molecular weight excluding hydrogens is 258 g/mol. The van der Waals surface area contributed by atoms with E-state index in [1.165, 1.54) is 0 Å². The molecule has 1 saturated heterocycles. The van der Waals surface area contributed by atoms with Gasteiger partial charge in [-0.2, -0.15) is 0 Å². The van der Waals surface area contributed by atoms with Gasteiger partial charge in [0.1, 0.15) is 7.14 Å². The summed E-state index contributed by atoms with van der Waals surface area (Å²) in [5, 5.41) is 0.882. The first-order chi connectivity index (χ1) is 8.53. The summed E-state index contributed by atoms with van der Waals surface area (Å²) in [7, 11) is -2.56. The summed E-state index contributed by atoms with van der Waals surface area (Å²) in [6, 6.07) is 7.69. The molecule has 1 aromatic rings. The van der Waals surface area contributed by atoms with E-state index in [9.17, 15) is 4.57 Å². The molecule has 0 aromatic heterocycles. The van der Waals surface area contributed by atoms with Crippen molar-refractivity contribution in [1.29, 1.82) is 0 Å². The Morgan fingerprint density at radius 2 is 1.37 bits per heavy atom. The minimum absolute atomic E-state index is 0.332. The second-order valence-electron chi connectivity index (χ2n) is 6.53. The highest BCUT2D eigenvalue weighted by molar-refractivity contribution is 7.70. The molecule has 0 aliphatic carbocycles. The van der Waals surface area contributed by atoms with E-state index in [0.717, 1.165) is 10.8 Å². The Labute approximate surface area is 116 Å². The van der Waals surface area contributed by atoms with Crippen LogP contribution in [0.3, 0.4) is 0 Å². The first kappa shape index (κ1) is 14.8. The number of benzene rings is 1. The zero-order chi connectivity index (χ0) is 14.5. The monoisotopic (exact) mass is 280 g/mol. The van der Waals surface area contributed by atoms with Gasteiger partial charge in [-0.1, -0.05) is 24.3 Å². The summed E-state index contributed by atoms with van der Waals surface area (Å²) in [5.74, 6) is 0. The van der Waals surface area contributed by atoms with Gasteiger partial charge in [-0.05, 0) is 46.5 Å². The first-order valence-corrected chi connectivity index (χ1v) is 9.14. The average Bonchev–Trinajstić information content (AvgIpc) is 2.47. The van der Waals surface area contributed by atoms with Crippen LogP contribution in [0.15, 0.2) is 24.3 Å². The minimum Gasteiger partial charge on any atom is -0.399 e. The molecule has 1 aliphatic heterocycles. The zero-order valence-electron chi connectivity index (χ0n) is 12.6. The number of rotatable bonds is 2. The Bertz CT molecular complexity index is 500. The maximum Gasteiger partial charge on any atom is 0.494 e. The summed E-state index contributed by atoms with van der Waals surface area (Å²) in [4.78, 5) is 0. The Kier molecular flexibility index (Phi) is 3.50. The van der Waals surface area contributed by atoms with Crippen LogP contribution in [0.5, 0.6) is 0 Å². The molecule has 0 bridgehead atoms. The van der Waals surface area contributed by atoms with Crippen molar-refractivity contribution in [3.05, 3.63) is 24.3 Å². The van der Waals surface area contributed by atoms with Crippen LogP contribution in [0.1, 0.15) is 27.7 Å². The molecule has 1 fully saturated rings. The largest absolute Gasteiger partial charge is 0.494 e. The third-order valence-corrected chi connectivity index (χ3v) is 5.58. The van der Waals surface area contributed by atoms with Crippen molar-refractivity contribution in [2.24, 2.45) is 0 Å². The molecule has 0 amide bonds. The molecule has 0 N–H and O–H groups in total. The lowest BCUT2D eigenvalue weighted by molar-refractivity contribution is 0.00578. The fourth-order valence-corrected chi connectivity index (χ4v) is 2.84. The van der Waals surface area contributed by atoms with Crippen molar-refractivity contribution < 1.29 is 13.9 Å². The van der Waals surface area contributed by atoms with Gasteiger partial charge in [0.15, 0.2) is 0 Å². The second-order valence-corrected chi connectivity index (χ2v) is 9.75. The van der Waals surface area contributed by atoms with Crippen molar-refractivity contribution >= 4 is 25.0 Å². The van der Waals surface area contributed by atoms with E-state index in [4.69, 9.17) is 9.31 Å². The quantitative estimate of drug-likeness (QED) is 0.615. The summed E-state index contributed by atoms with van der Waals surface area (Å²) in [6.07, 6.45) is 0. The van der Waals surface area contributed by atoms with Crippen LogP contribution < -0.4 is 10.8 Å². The van der Waals surface area contributed by atoms with E-state index in [1.54, 1.807) is 13.3 Å². The molecule has 0 spiro atoms. The van der Waals surface area contributed by atoms with Crippen molar-refractivity contribution in [2.75, 3.05) is 13.3 Å². The van der Waals surface area contributed by atoms with E-state index in [0.29, 0.717) is 0 Å². The molecule has 3 nitrogen and oxygen atoms in total. The maximum absolute atomic E-state index is 12.0. The third-order valence-electron chi connectivity index (χ3n) is 4.04. The van der Waals surface area contributed by atoms with Gasteiger partial charge < -0.3 is 13.9 Å². The topological polar surface area (TPSA) is 35.5 Å². The molecular formula is C14H22BO3P. The predicted octanol–water partition coefficient (Wildman–Crippen LogP) is 2.23. The molecule has 5 heteroatoms. The smallest absolute Gasteiger partial charge is 0.399 e. The molecule has 19 heavy (non-hydrogen) atoms. The van der Waals surface area contributed by atoms with Crippen molar-refractivity contribution in [2.45, 2.75) is 38.9 Å². The van der Waals surface area contributed by atoms with E-state index in [2.05, 4.69) is 0 Å². The lowest BCUT2D eigenvalue weighted by atomic mass is 9.79. The van der Waals surface area contributed by atoms with Gasteiger partial charge in [0.2, 0.25) is 0 Å². The van der Waals surface area contributed by atoms with Crippen LogP contribution in [-0.2, 0) is 13.9 Å². The summed E-state index contributed by atoms with van der Waals surface area (Å²) in [6.45, 7) is 11.7. The Hall–Kier alpha value is -0.565. The Balaban J connectivity index is 2.24. The van der Waals surface area contributed by atoms with Crippen molar-refractivity contribution in [1.82, 2.24) is 0 Å². The highest BCUT2D eigenvalue weighted by atomic mass is 31.2. The fourth-order valence-electron chi connectivity index (χ4n) is 1.97. The van der Waals surface area contributed by atoms with Crippen LogP contribution in [0.2, 0.25) is 0 Å². The third kappa shape index (κ3) is 2.81. The van der Waals surface area contributed by atoms with Gasteiger partial charge in [0.05, 0.1) is 11.2 Å². The van der Waals surface area contributed by atoms with E-state index < -0.39 is 7.14 Å².